The molecule has 10 heteroatoms. The third-order valence-corrected chi connectivity index (χ3v) is 7.46. The van der Waals surface area contributed by atoms with Gasteiger partial charge in [-0.3, -0.25) is 0 Å². The molecule has 0 atom stereocenters. The highest BCUT2D eigenvalue weighted by atomic mass is 32.1. The second-order valence-corrected chi connectivity index (χ2v) is 10.2. The van der Waals surface area contributed by atoms with E-state index in [1.165, 1.54) is 0 Å². The molecule has 0 bridgehead atoms. The van der Waals surface area contributed by atoms with Crippen LogP contribution in [0.2, 0.25) is 0 Å². The SMILES string of the molecule is CCOC(=O)c1c(-c2ccc(CO)cc2)c2cc(NC(=O)Nc3ccccc3)ccc2n1Cc1ccc2nsnc2c1. The third-order valence-electron chi connectivity index (χ3n) is 6.91. The number of nitrogens with one attached hydrogen (secondary N) is 2. The molecule has 0 saturated carbocycles. The summed E-state index contributed by atoms with van der Waals surface area (Å²) < 4.78 is 16.2. The molecule has 0 spiro atoms. The minimum absolute atomic E-state index is 0.0919. The molecule has 0 unspecified atom stereocenters. The Morgan fingerprint density at radius 1 is 0.857 bits per heavy atom. The number of urea groups is 1. The zero-order chi connectivity index (χ0) is 29.1. The fraction of sp³-hybridized carbons (Fsp3) is 0.125. The number of hydrogen-bond donors (Lipinski definition) is 3. The minimum atomic E-state index is -0.456. The van der Waals surface area contributed by atoms with Gasteiger partial charge in [-0.1, -0.05) is 48.5 Å². The standard InChI is InChI=1S/C32H27N5O4S/c1-2-41-31(39)30-29(22-11-8-20(19-38)9-12-22)25-17-24(34-32(40)33-23-6-4-3-5-7-23)13-15-28(25)37(30)18-21-10-14-26-27(16-21)36-42-35-26/h3-17,38H,2,18-19H2,1H3,(H2,33,34,40). The highest BCUT2D eigenvalue weighted by molar-refractivity contribution is 7.00. The van der Waals surface area contributed by atoms with Crippen LogP contribution in [0.25, 0.3) is 33.1 Å². The van der Waals surface area contributed by atoms with Crippen LogP contribution >= 0.6 is 11.7 Å². The summed E-state index contributed by atoms with van der Waals surface area (Å²) in [4.78, 5) is 26.4. The van der Waals surface area contributed by atoms with E-state index < -0.39 is 5.97 Å². The van der Waals surface area contributed by atoms with E-state index in [4.69, 9.17) is 4.74 Å². The molecule has 4 aromatic carbocycles. The molecular weight excluding hydrogens is 550 g/mol. The maximum absolute atomic E-state index is 13.6. The number of carbonyl (C=O) groups excluding carboxylic acids is 2. The van der Waals surface area contributed by atoms with E-state index in [-0.39, 0.29) is 19.2 Å². The second-order valence-electron chi connectivity index (χ2n) is 9.65. The lowest BCUT2D eigenvalue weighted by Gasteiger charge is -2.12. The van der Waals surface area contributed by atoms with Crippen molar-refractivity contribution in [3.63, 3.8) is 0 Å². The van der Waals surface area contributed by atoms with E-state index in [1.807, 2.05) is 95.6 Å². The number of hydrogen-bond acceptors (Lipinski definition) is 7. The van der Waals surface area contributed by atoms with Crippen molar-refractivity contribution < 1.29 is 19.4 Å². The van der Waals surface area contributed by atoms with Crippen molar-refractivity contribution in [2.75, 3.05) is 17.2 Å². The molecule has 6 aromatic rings. The zero-order valence-electron chi connectivity index (χ0n) is 22.7. The topological polar surface area (TPSA) is 118 Å². The predicted molar refractivity (Wildman–Crippen MR) is 165 cm³/mol. The fourth-order valence-electron chi connectivity index (χ4n) is 5.00. The van der Waals surface area contributed by atoms with Crippen LogP contribution in [0.3, 0.4) is 0 Å². The van der Waals surface area contributed by atoms with Gasteiger partial charge in [0, 0.05) is 34.4 Å². The molecule has 0 aliphatic rings. The van der Waals surface area contributed by atoms with Gasteiger partial charge in [-0.05, 0) is 66.1 Å². The van der Waals surface area contributed by atoms with Crippen LogP contribution in [0.15, 0.2) is 91.0 Å². The van der Waals surface area contributed by atoms with Gasteiger partial charge in [0.05, 0.1) is 24.9 Å². The molecular formula is C32H27N5O4S. The van der Waals surface area contributed by atoms with E-state index in [9.17, 15) is 14.7 Å². The molecule has 2 aromatic heterocycles. The number of rotatable bonds is 8. The molecule has 6 rings (SSSR count). The van der Waals surface area contributed by atoms with Crippen molar-refractivity contribution in [3.05, 3.63) is 108 Å². The number of aromatic nitrogens is 3. The van der Waals surface area contributed by atoms with E-state index in [2.05, 4.69) is 19.4 Å². The van der Waals surface area contributed by atoms with Gasteiger partial charge >= 0.3 is 12.0 Å². The lowest BCUT2D eigenvalue weighted by Crippen LogP contribution is -2.19. The Morgan fingerprint density at radius 3 is 2.36 bits per heavy atom. The summed E-state index contributed by atoms with van der Waals surface area (Å²) in [5.41, 5.74) is 7.20. The van der Waals surface area contributed by atoms with Crippen molar-refractivity contribution in [1.82, 2.24) is 13.3 Å². The summed E-state index contributed by atoms with van der Waals surface area (Å²) in [5, 5.41) is 16.1. The Hall–Kier alpha value is -5.06. The summed E-state index contributed by atoms with van der Waals surface area (Å²) >= 11 is 1.16. The maximum Gasteiger partial charge on any atom is 0.355 e. The number of anilines is 2. The molecule has 0 radical (unpaired) electrons. The molecule has 0 fully saturated rings. The van der Waals surface area contributed by atoms with Crippen LogP contribution in [0, 0.1) is 0 Å². The van der Waals surface area contributed by atoms with Crippen LogP contribution in [0.4, 0.5) is 16.2 Å². The highest BCUT2D eigenvalue weighted by Gasteiger charge is 2.26. The Morgan fingerprint density at radius 2 is 1.60 bits per heavy atom. The van der Waals surface area contributed by atoms with Crippen molar-refractivity contribution in [1.29, 1.82) is 0 Å². The number of aliphatic hydroxyl groups excluding tert-OH is 1. The molecule has 9 nitrogen and oxygen atoms in total. The number of carbonyl (C=O) groups is 2. The first kappa shape index (κ1) is 27.1. The summed E-state index contributed by atoms with van der Waals surface area (Å²) in [6.45, 7) is 2.28. The van der Waals surface area contributed by atoms with Crippen LogP contribution in [-0.4, -0.2) is 37.0 Å². The van der Waals surface area contributed by atoms with Crippen molar-refractivity contribution in [3.8, 4) is 11.1 Å². The van der Waals surface area contributed by atoms with E-state index in [0.717, 1.165) is 50.4 Å². The monoisotopic (exact) mass is 577 g/mol. The van der Waals surface area contributed by atoms with Crippen molar-refractivity contribution in [2.45, 2.75) is 20.1 Å². The first-order valence-corrected chi connectivity index (χ1v) is 14.1. The number of ether oxygens (including phenoxy) is 1. The molecule has 0 saturated heterocycles. The van der Waals surface area contributed by atoms with E-state index >= 15 is 0 Å². The highest BCUT2D eigenvalue weighted by Crippen LogP contribution is 2.38. The first-order chi connectivity index (χ1) is 20.5. The molecule has 3 N–H and O–H groups in total. The Bertz CT molecular complexity index is 1900. The van der Waals surface area contributed by atoms with E-state index in [1.54, 1.807) is 6.92 Å². The lowest BCUT2D eigenvalue weighted by molar-refractivity contribution is 0.0516. The Labute approximate surface area is 245 Å². The average molecular weight is 578 g/mol. The van der Waals surface area contributed by atoms with Gasteiger partial charge in [-0.2, -0.15) is 8.75 Å². The number of aliphatic hydroxyl groups is 1. The molecule has 42 heavy (non-hydrogen) atoms. The van der Waals surface area contributed by atoms with Crippen molar-refractivity contribution >= 4 is 57.0 Å². The minimum Gasteiger partial charge on any atom is -0.461 e. The molecule has 210 valence electrons. The van der Waals surface area contributed by atoms with E-state index in [0.29, 0.717) is 29.2 Å². The van der Waals surface area contributed by atoms with Crippen LogP contribution < -0.4 is 10.6 Å². The first-order valence-electron chi connectivity index (χ1n) is 13.4. The molecule has 0 aliphatic heterocycles. The normalized spacial score (nSPS) is 11.1. The number of fused-ring (bicyclic) bond motifs is 2. The van der Waals surface area contributed by atoms with Gasteiger partial charge in [-0.15, -0.1) is 0 Å². The molecule has 0 aliphatic carbocycles. The van der Waals surface area contributed by atoms with Crippen LogP contribution in [-0.2, 0) is 17.9 Å². The molecule has 2 amide bonds. The van der Waals surface area contributed by atoms with Crippen LogP contribution in [0.1, 0.15) is 28.5 Å². The summed E-state index contributed by atoms with van der Waals surface area (Å²) in [5.74, 6) is -0.456. The van der Waals surface area contributed by atoms with Gasteiger partial charge in [0.2, 0.25) is 0 Å². The Kier molecular flexibility index (Phi) is 7.63. The van der Waals surface area contributed by atoms with Gasteiger partial charge in [0.1, 0.15) is 16.7 Å². The third kappa shape index (κ3) is 5.45. The fourth-order valence-corrected chi connectivity index (χ4v) is 5.52. The number of para-hydroxylation sites is 1. The van der Waals surface area contributed by atoms with Gasteiger partial charge < -0.3 is 25.0 Å². The zero-order valence-corrected chi connectivity index (χ0v) is 23.5. The maximum atomic E-state index is 13.6. The average Bonchev–Trinajstić information content (AvgIpc) is 3.60. The smallest absolute Gasteiger partial charge is 0.355 e. The quantitative estimate of drug-likeness (QED) is 0.174. The summed E-state index contributed by atoms with van der Waals surface area (Å²) in [6, 6.07) is 27.6. The second kappa shape index (κ2) is 11.8. The van der Waals surface area contributed by atoms with Gasteiger partial charge in [-0.25, -0.2) is 9.59 Å². The number of benzene rings is 4. The lowest BCUT2D eigenvalue weighted by atomic mass is 10.00. The number of esters is 1. The predicted octanol–water partition coefficient (Wildman–Crippen LogP) is 6.67. The summed E-state index contributed by atoms with van der Waals surface area (Å²) in [6.07, 6.45) is 0. The Balaban J connectivity index is 1.49. The van der Waals surface area contributed by atoms with Crippen LogP contribution in [0.5, 0.6) is 0 Å². The van der Waals surface area contributed by atoms with Crippen molar-refractivity contribution in [2.24, 2.45) is 0 Å². The number of nitrogens with zero attached hydrogens (tertiary/aromatic N) is 3. The van der Waals surface area contributed by atoms with Gasteiger partial charge in [0.15, 0.2) is 0 Å². The van der Waals surface area contributed by atoms with Gasteiger partial charge in [0.25, 0.3) is 0 Å². The molecule has 2 heterocycles. The number of amides is 2. The summed E-state index contributed by atoms with van der Waals surface area (Å²) in [7, 11) is 0. The largest absolute Gasteiger partial charge is 0.461 e.